The van der Waals surface area contributed by atoms with Crippen LogP contribution in [-0.2, 0) is 9.53 Å². The third-order valence-electron chi connectivity index (χ3n) is 5.28. The first-order valence-corrected chi connectivity index (χ1v) is 11.1. The van der Waals surface area contributed by atoms with Gasteiger partial charge in [0.2, 0.25) is 0 Å². The van der Waals surface area contributed by atoms with Crippen LogP contribution in [0.1, 0.15) is 89.3 Å². The Morgan fingerprint density at radius 1 is 0.966 bits per heavy atom. The third kappa shape index (κ3) is 5.85. The fourth-order valence-corrected chi connectivity index (χ4v) is 4.01. The number of ether oxygens (including phenoxy) is 1. The number of hydrogen-bond donors (Lipinski definition) is 0. The van der Waals surface area contributed by atoms with Gasteiger partial charge in [0, 0.05) is 5.02 Å². The molecule has 0 aliphatic heterocycles. The molecule has 0 amide bonds. The second-order valence-electron chi connectivity index (χ2n) is 8.83. The summed E-state index contributed by atoms with van der Waals surface area (Å²) in [6.07, 6.45) is 0.755. The summed E-state index contributed by atoms with van der Waals surface area (Å²) in [5.74, 6) is 0.645. The highest BCUT2D eigenvalue weighted by Gasteiger charge is 2.29. The molecule has 158 valence electrons. The maximum Gasteiger partial charge on any atom is 0.313 e. The van der Waals surface area contributed by atoms with Crippen molar-refractivity contribution in [3.05, 3.63) is 58.1 Å². The Hall–Kier alpha value is -1.80. The molecule has 2 aromatic rings. The Kier molecular flexibility index (Phi) is 8.34. The van der Waals surface area contributed by atoms with Crippen molar-refractivity contribution in [3.8, 4) is 11.1 Å². The highest BCUT2D eigenvalue weighted by atomic mass is 35.5. The lowest BCUT2D eigenvalue weighted by Gasteiger charge is -2.26. The molecule has 0 saturated heterocycles. The number of esters is 1. The predicted molar refractivity (Wildman–Crippen MR) is 124 cm³/mol. The first kappa shape index (κ1) is 23.5. The summed E-state index contributed by atoms with van der Waals surface area (Å²) < 4.78 is 5.51. The van der Waals surface area contributed by atoms with Gasteiger partial charge in [-0.3, -0.25) is 4.79 Å². The second-order valence-corrected chi connectivity index (χ2v) is 9.26. The van der Waals surface area contributed by atoms with Crippen LogP contribution >= 0.6 is 11.6 Å². The zero-order valence-corrected chi connectivity index (χ0v) is 19.6. The summed E-state index contributed by atoms with van der Waals surface area (Å²) >= 11 is 6.35. The lowest BCUT2D eigenvalue weighted by molar-refractivity contribution is -0.145. The molecule has 1 unspecified atom stereocenters. The maximum absolute atomic E-state index is 13.0. The largest absolute Gasteiger partial charge is 0.466 e. The van der Waals surface area contributed by atoms with Crippen molar-refractivity contribution in [2.24, 2.45) is 5.92 Å². The Bertz CT molecular complexity index is 837. The van der Waals surface area contributed by atoms with Gasteiger partial charge < -0.3 is 4.74 Å². The summed E-state index contributed by atoms with van der Waals surface area (Å²) in [7, 11) is 0. The standard InChI is InChI=1S/C26H35ClO2/c1-8-29-26(28)24(12-16(2)3)23-15-20(17(4)5)14-22(18(6)7)25(23)19-10-9-11-21(27)13-19/h9-11,13-18,24H,8,12H2,1-7H3. The lowest BCUT2D eigenvalue weighted by atomic mass is 9.79. The Balaban J connectivity index is 2.85. The average molecular weight is 415 g/mol. The molecule has 0 fully saturated rings. The van der Waals surface area contributed by atoms with Crippen LogP contribution in [0.5, 0.6) is 0 Å². The lowest BCUT2D eigenvalue weighted by Crippen LogP contribution is -2.20. The zero-order valence-electron chi connectivity index (χ0n) is 18.9. The maximum atomic E-state index is 13.0. The molecule has 0 bridgehead atoms. The van der Waals surface area contributed by atoms with E-state index in [2.05, 4.69) is 59.7 Å². The van der Waals surface area contributed by atoms with Gasteiger partial charge in [0.25, 0.3) is 0 Å². The molecule has 29 heavy (non-hydrogen) atoms. The van der Waals surface area contributed by atoms with Crippen molar-refractivity contribution < 1.29 is 9.53 Å². The number of benzene rings is 2. The number of halogens is 1. The molecule has 2 rings (SSSR count). The minimum atomic E-state index is -0.292. The third-order valence-corrected chi connectivity index (χ3v) is 5.51. The second kappa shape index (κ2) is 10.3. The SMILES string of the molecule is CCOC(=O)C(CC(C)C)c1cc(C(C)C)cc(C(C)C)c1-c1cccc(Cl)c1. The molecular weight excluding hydrogens is 380 g/mol. The van der Waals surface area contributed by atoms with E-state index in [0.717, 1.165) is 23.1 Å². The van der Waals surface area contributed by atoms with E-state index in [4.69, 9.17) is 16.3 Å². The molecule has 3 heteroatoms. The molecule has 2 aromatic carbocycles. The fourth-order valence-electron chi connectivity index (χ4n) is 3.82. The summed E-state index contributed by atoms with van der Waals surface area (Å²) in [6.45, 7) is 15.4. The monoisotopic (exact) mass is 414 g/mol. The van der Waals surface area contributed by atoms with Crippen molar-refractivity contribution in [2.75, 3.05) is 6.61 Å². The van der Waals surface area contributed by atoms with Crippen LogP contribution in [0.2, 0.25) is 5.02 Å². The van der Waals surface area contributed by atoms with E-state index in [0.29, 0.717) is 29.4 Å². The van der Waals surface area contributed by atoms with Crippen LogP contribution in [0.15, 0.2) is 36.4 Å². The Labute approximate surface area is 181 Å². The van der Waals surface area contributed by atoms with E-state index < -0.39 is 0 Å². The van der Waals surface area contributed by atoms with E-state index in [1.165, 1.54) is 11.1 Å². The van der Waals surface area contributed by atoms with E-state index in [1.54, 1.807) is 0 Å². The number of carbonyl (C=O) groups excluding carboxylic acids is 1. The molecule has 0 saturated carbocycles. The van der Waals surface area contributed by atoms with E-state index in [-0.39, 0.29) is 11.9 Å². The van der Waals surface area contributed by atoms with Gasteiger partial charge in [0.15, 0.2) is 0 Å². The number of hydrogen-bond acceptors (Lipinski definition) is 2. The van der Waals surface area contributed by atoms with Gasteiger partial charge in [0.05, 0.1) is 12.5 Å². The fraction of sp³-hybridized carbons (Fsp3) is 0.500. The van der Waals surface area contributed by atoms with Gasteiger partial charge >= 0.3 is 5.97 Å². The van der Waals surface area contributed by atoms with Crippen LogP contribution in [-0.4, -0.2) is 12.6 Å². The first-order chi connectivity index (χ1) is 13.6. The average Bonchev–Trinajstić information content (AvgIpc) is 2.64. The molecule has 0 aliphatic carbocycles. The number of carbonyl (C=O) groups is 1. The first-order valence-electron chi connectivity index (χ1n) is 10.8. The quantitative estimate of drug-likeness (QED) is 0.409. The Morgan fingerprint density at radius 2 is 1.62 bits per heavy atom. The molecule has 0 heterocycles. The molecule has 2 nitrogen and oxygen atoms in total. The topological polar surface area (TPSA) is 26.3 Å². The van der Waals surface area contributed by atoms with Crippen LogP contribution in [0, 0.1) is 5.92 Å². The van der Waals surface area contributed by atoms with Gasteiger partial charge in [-0.1, -0.05) is 77.4 Å². The predicted octanol–water partition coefficient (Wildman–Crippen LogP) is 7.95. The molecule has 1 atom stereocenters. The van der Waals surface area contributed by atoms with Crippen molar-refractivity contribution in [1.82, 2.24) is 0 Å². The molecule has 0 spiro atoms. The highest BCUT2D eigenvalue weighted by molar-refractivity contribution is 6.30. The molecule has 0 aliphatic rings. The van der Waals surface area contributed by atoms with Crippen molar-refractivity contribution in [2.45, 2.75) is 72.6 Å². The van der Waals surface area contributed by atoms with Gasteiger partial charge in [-0.25, -0.2) is 0 Å². The van der Waals surface area contributed by atoms with Crippen LogP contribution < -0.4 is 0 Å². The van der Waals surface area contributed by atoms with Crippen molar-refractivity contribution in [1.29, 1.82) is 0 Å². The minimum Gasteiger partial charge on any atom is -0.466 e. The van der Waals surface area contributed by atoms with Gasteiger partial charge in [-0.2, -0.15) is 0 Å². The van der Waals surface area contributed by atoms with Gasteiger partial charge in [0.1, 0.15) is 0 Å². The van der Waals surface area contributed by atoms with Crippen LogP contribution in [0.25, 0.3) is 11.1 Å². The zero-order chi connectivity index (χ0) is 21.7. The van der Waals surface area contributed by atoms with E-state index in [9.17, 15) is 4.79 Å². The molecular formula is C26H35ClO2. The minimum absolute atomic E-state index is 0.139. The summed E-state index contributed by atoms with van der Waals surface area (Å²) in [6, 6.07) is 12.5. The van der Waals surface area contributed by atoms with Crippen molar-refractivity contribution >= 4 is 17.6 Å². The van der Waals surface area contributed by atoms with Gasteiger partial charge in [-0.15, -0.1) is 0 Å². The normalized spacial score (nSPS) is 12.7. The van der Waals surface area contributed by atoms with E-state index in [1.807, 2.05) is 25.1 Å². The van der Waals surface area contributed by atoms with Crippen molar-refractivity contribution in [3.63, 3.8) is 0 Å². The van der Waals surface area contributed by atoms with Gasteiger partial charge in [-0.05, 0) is 71.0 Å². The van der Waals surface area contributed by atoms with Crippen LogP contribution in [0.3, 0.4) is 0 Å². The molecule has 0 radical (unpaired) electrons. The molecule has 0 aromatic heterocycles. The highest BCUT2D eigenvalue weighted by Crippen LogP contribution is 2.41. The summed E-state index contributed by atoms with van der Waals surface area (Å²) in [4.78, 5) is 13.0. The Morgan fingerprint density at radius 3 is 2.14 bits per heavy atom. The molecule has 0 N–H and O–H groups in total. The summed E-state index contributed by atoms with van der Waals surface area (Å²) in [5, 5.41) is 0.702. The summed E-state index contributed by atoms with van der Waals surface area (Å²) in [5.41, 5.74) is 5.77. The van der Waals surface area contributed by atoms with E-state index >= 15 is 0 Å². The smallest absolute Gasteiger partial charge is 0.313 e. The van der Waals surface area contributed by atoms with Crippen LogP contribution in [0.4, 0.5) is 0 Å². The number of rotatable bonds is 8.